The third-order valence-electron chi connectivity index (χ3n) is 3.51. The lowest BCUT2D eigenvalue weighted by Gasteiger charge is -2.24. The smallest absolute Gasteiger partial charge is 0.258 e. The minimum atomic E-state index is -0.198. The molecule has 0 aromatic heterocycles. The summed E-state index contributed by atoms with van der Waals surface area (Å²) in [6, 6.07) is 11.9. The van der Waals surface area contributed by atoms with Crippen molar-refractivity contribution in [2.45, 2.75) is 32.7 Å². The Morgan fingerprint density at radius 2 is 1.86 bits per heavy atom. The van der Waals surface area contributed by atoms with Crippen LogP contribution in [-0.2, 0) is 4.79 Å². The van der Waals surface area contributed by atoms with Crippen molar-refractivity contribution >= 4 is 32.6 Å². The van der Waals surface area contributed by atoms with Crippen molar-refractivity contribution in [1.29, 1.82) is 0 Å². The lowest BCUT2D eigenvalue weighted by Crippen LogP contribution is -2.44. The second kappa shape index (κ2) is 6.48. The second-order valence-electron chi connectivity index (χ2n) is 5.73. The van der Waals surface area contributed by atoms with E-state index in [9.17, 15) is 4.79 Å². The van der Waals surface area contributed by atoms with E-state index in [-0.39, 0.29) is 18.1 Å². The number of ether oxygens (including phenoxy) is 1. The van der Waals surface area contributed by atoms with Gasteiger partial charge in [0.25, 0.3) is 5.91 Å². The standard InChI is InChI=1S/C17H20BrNO2/c1-4-17(2,3)19-16(20)11-21-15-8-6-12-9-14(18)7-5-13(12)10-15/h5-10H,4,11H2,1-3H3,(H,19,20). The minimum Gasteiger partial charge on any atom is -0.484 e. The summed E-state index contributed by atoms with van der Waals surface area (Å²) < 4.78 is 6.62. The van der Waals surface area contributed by atoms with Crippen LogP contribution < -0.4 is 10.1 Å². The van der Waals surface area contributed by atoms with Crippen LogP contribution in [0.25, 0.3) is 10.8 Å². The average Bonchev–Trinajstić information content (AvgIpc) is 2.44. The molecule has 0 radical (unpaired) electrons. The van der Waals surface area contributed by atoms with Gasteiger partial charge in [-0.15, -0.1) is 0 Å². The van der Waals surface area contributed by atoms with Crippen LogP contribution in [0.15, 0.2) is 40.9 Å². The monoisotopic (exact) mass is 349 g/mol. The third kappa shape index (κ3) is 4.46. The van der Waals surface area contributed by atoms with Crippen LogP contribution >= 0.6 is 15.9 Å². The molecule has 1 N–H and O–H groups in total. The van der Waals surface area contributed by atoms with E-state index in [0.29, 0.717) is 5.75 Å². The van der Waals surface area contributed by atoms with Gasteiger partial charge >= 0.3 is 0 Å². The molecule has 2 aromatic rings. The predicted octanol–water partition coefficient (Wildman–Crippen LogP) is 4.29. The Bertz CT molecular complexity index is 652. The Hall–Kier alpha value is -1.55. The molecule has 0 aliphatic rings. The fourth-order valence-corrected chi connectivity index (χ4v) is 2.31. The number of nitrogens with one attached hydrogen (secondary N) is 1. The van der Waals surface area contributed by atoms with Crippen molar-refractivity contribution < 1.29 is 9.53 Å². The molecule has 21 heavy (non-hydrogen) atoms. The Kier molecular flexibility index (Phi) is 4.88. The summed E-state index contributed by atoms with van der Waals surface area (Å²) in [5.41, 5.74) is -0.198. The van der Waals surface area contributed by atoms with E-state index in [1.165, 1.54) is 0 Å². The predicted molar refractivity (Wildman–Crippen MR) is 89.7 cm³/mol. The van der Waals surface area contributed by atoms with Crippen LogP contribution in [0.3, 0.4) is 0 Å². The Balaban J connectivity index is 2.00. The number of amides is 1. The van der Waals surface area contributed by atoms with Gasteiger partial charge in [0.1, 0.15) is 5.75 Å². The number of hydrogen-bond donors (Lipinski definition) is 1. The highest BCUT2D eigenvalue weighted by Crippen LogP contribution is 2.24. The zero-order valence-electron chi connectivity index (χ0n) is 12.6. The highest BCUT2D eigenvalue weighted by atomic mass is 79.9. The van der Waals surface area contributed by atoms with Crippen molar-refractivity contribution in [3.63, 3.8) is 0 Å². The van der Waals surface area contributed by atoms with Gasteiger partial charge in [-0.1, -0.05) is 35.0 Å². The highest BCUT2D eigenvalue weighted by molar-refractivity contribution is 9.10. The Morgan fingerprint density at radius 1 is 1.19 bits per heavy atom. The zero-order chi connectivity index (χ0) is 15.5. The number of benzene rings is 2. The van der Waals surface area contributed by atoms with E-state index >= 15 is 0 Å². The van der Waals surface area contributed by atoms with E-state index in [0.717, 1.165) is 21.7 Å². The number of rotatable bonds is 5. The number of halogens is 1. The molecule has 2 rings (SSSR count). The van der Waals surface area contributed by atoms with E-state index in [4.69, 9.17) is 4.74 Å². The lowest BCUT2D eigenvalue weighted by molar-refractivity contribution is -0.124. The molecule has 1 amide bonds. The van der Waals surface area contributed by atoms with E-state index in [1.807, 2.05) is 51.1 Å². The van der Waals surface area contributed by atoms with Gasteiger partial charge < -0.3 is 10.1 Å². The molecule has 0 unspecified atom stereocenters. The van der Waals surface area contributed by atoms with Crippen LogP contribution in [0.1, 0.15) is 27.2 Å². The summed E-state index contributed by atoms with van der Waals surface area (Å²) in [6.07, 6.45) is 0.879. The highest BCUT2D eigenvalue weighted by Gasteiger charge is 2.17. The molecule has 0 spiro atoms. The largest absolute Gasteiger partial charge is 0.484 e. The molecule has 0 saturated heterocycles. The molecule has 0 bridgehead atoms. The van der Waals surface area contributed by atoms with Crippen LogP contribution in [0.5, 0.6) is 5.75 Å². The molecule has 0 aliphatic heterocycles. The molecule has 0 saturated carbocycles. The summed E-state index contributed by atoms with van der Waals surface area (Å²) >= 11 is 3.45. The summed E-state index contributed by atoms with van der Waals surface area (Å²) in [5, 5.41) is 5.17. The van der Waals surface area contributed by atoms with Gasteiger partial charge in [-0.3, -0.25) is 4.79 Å². The van der Waals surface area contributed by atoms with Crippen LogP contribution in [0, 0.1) is 0 Å². The van der Waals surface area contributed by atoms with Gasteiger partial charge in [0.2, 0.25) is 0 Å². The maximum Gasteiger partial charge on any atom is 0.258 e. The molecule has 0 aliphatic carbocycles. The third-order valence-corrected chi connectivity index (χ3v) is 4.00. The van der Waals surface area contributed by atoms with Gasteiger partial charge in [-0.25, -0.2) is 0 Å². The van der Waals surface area contributed by atoms with Crippen LogP contribution in [0.2, 0.25) is 0 Å². The first-order chi connectivity index (χ1) is 9.89. The first-order valence-corrected chi connectivity index (χ1v) is 7.82. The molecular formula is C17H20BrNO2. The average molecular weight is 350 g/mol. The van der Waals surface area contributed by atoms with Crippen molar-refractivity contribution in [2.75, 3.05) is 6.61 Å². The van der Waals surface area contributed by atoms with Gasteiger partial charge in [0.05, 0.1) is 0 Å². The maximum atomic E-state index is 11.9. The van der Waals surface area contributed by atoms with Gasteiger partial charge in [0, 0.05) is 10.0 Å². The quantitative estimate of drug-likeness (QED) is 0.874. The first kappa shape index (κ1) is 15.8. The second-order valence-corrected chi connectivity index (χ2v) is 6.64. The van der Waals surface area contributed by atoms with Crippen molar-refractivity contribution in [1.82, 2.24) is 5.32 Å². The van der Waals surface area contributed by atoms with Gasteiger partial charge in [0.15, 0.2) is 6.61 Å². The Morgan fingerprint density at radius 3 is 2.57 bits per heavy atom. The van der Waals surface area contributed by atoms with Gasteiger partial charge in [-0.05, 0) is 55.3 Å². The number of fused-ring (bicyclic) bond motifs is 1. The number of carbonyl (C=O) groups excluding carboxylic acids is 1. The van der Waals surface area contributed by atoms with Crippen LogP contribution in [0.4, 0.5) is 0 Å². The fourth-order valence-electron chi connectivity index (χ4n) is 1.94. The minimum absolute atomic E-state index is 0.0332. The first-order valence-electron chi connectivity index (χ1n) is 7.03. The topological polar surface area (TPSA) is 38.3 Å². The molecule has 3 nitrogen and oxygen atoms in total. The van der Waals surface area contributed by atoms with Crippen molar-refractivity contribution in [2.24, 2.45) is 0 Å². The lowest BCUT2D eigenvalue weighted by atomic mass is 10.0. The molecule has 4 heteroatoms. The SMILES string of the molecule is CCC(C)(C)NC(=O)COc1ccc2cc(Br)ccc2c1. The van der Waals surface area contributed by atoms with Gasteiger partial charge in [-0.2, -0.15) is 0 Å². The maximum absolute atomic E-state index is 11.9. The molecule has 0 heterocycles. The molecular weight excluding hydrogens is 330 g/mol. The molecule has 112 valence electrons. The number of carbonyl (C=O) groups is 1. The molecule has 2 aromatic carbocycles. The number of hydrogen-bond acceptors (Lipinski definition) is 2. The normalized spacial score (nSPS) is 11.4. The summed E-state index contributed by atoms with van der Waals surface area (Å²) in [7, 11) is 0. The van der Waals surface area contributed by atoms with Crippen LogP contribution in [-0.4, -0.2) is 18.1 Å². The zero-order valence-corrected chi connectivity index (χ0v) is 14.2. The molecule has 0 fully saturated rings. The van der Waals surface area contributed by atoms with E-state index in [2.05, 4.69) is 27.3 Å². The summed E-state index contributed by atoms with van der Waals surface area (Å²) in [4.78, 5) is 11.9. The van der Waals surface area contributed by atoms with E-state index < -0.39 is 0 Å². The Labute approximate surface area is 133 Å². The van der Waals surface area contributed by atoms with E-state index in [1.54, 1.807) is 0 Å². The summed E-state index contributed by atoms with van der Waals surface area (Å²) in [6.45, 7) is 6.08. The summed E-state index contributed by atoms with van der Waals surface area (Å²) in [5.74, 6) is 0.604. The fraction of sp³-hybridized carbons (Fsp3) is 0.353. The van der Waals surface area contributed by atoms with Crippen molar-refractivity contribution in [3.05, 3.63) is 40.9 Å². The van der Waals surface area contributed by atoms with Crippen molar-refractivity contribution in [3.8, 4) is 5.75 Å². The molecule has 0 atom stereocenters.